The van der Waals surface area contributed by atoms with E-state index >= 15 is 0 Å². The van der Waals surface area contributed by atoms with Crippen molar-refractivity contribution in [1.82, 2.24) is 10.2 Å². The molecular weight excluding hydrogens is 268 g/mol. The Morgan fingerprint density at radius 1 is 1.10 bits per heavy atom. The summed E-state index contributed by atoms with van der Waals surface area (Å²) in [5.41, 5.74) is 0. The minimum atomic E-state index is -0.816. The van der Waals surface area contributed by atoms with Crippen LogP contribution in [0.2, 0.25) is 0 Å². The molecule has 0 saturated carbocycles. The van der Waals surface area contributed by atoms with Crippen LogP contribution in [0, 0.1) is 0 Å². The van der Waals surface area contributed by atoms with Crippen molar-refractivity contribution in [2.24, 2.45) is 0 Å². The van der Waals surface area contributed by atoms with Gasteiger partial charge in [0.1, 0.15) is 0 Å². The van der Waals surface area contributed by atoms with Crippen molar-refractivity contribution in [3.05, 3.63) is 0 Å². The van der Waals surface area contributed by atoms with Crippen LogP contribution in [-0.2, 0) is 4.79 Å². The fourth-order valence-electron chi connectivity index (χ4n) is 2.24. The number of unbranched alkanes of at least 4 members (excludes halogenated alkanes) is 3. The number of urea groups is 1. The summed E-state index contributed by atoms with van der Waals surface area (Å²) in [7, 11) is 0. The highest BCUT2D eigenvalue weighted by atomic mass is 16.4. The lowest BCUT2D eigenvalue weighted by atomic mass is 10.1. The van der Waals surface area contributed by atoms with E-state index in [1.165, 1.54) is 19.3 Å². The lowest BCUT2D eigenvalue weighted by molar-refractivity contribution is -0.137. The summed E-state index contributed by atoms with van der Waals surface area (Å²) in [5, 5.41) is 11.7. The van der Waals surface area contributed by atoms with Gasteiger partial charge in [-0.1, -0.05) is 32.6 Å². The highest BCUT2D eigenvalue weighted by molar-refractivity contribution is 5.74. The molecule has 0 aliphatic heterocycles. The van der Waals surface area contributed by atoms with Crippen LogP contribution in [0.5, 0.6) is 0 Å². The molecule has 0 spiro atoms. The van der Waals surface area contributed by atoms with Crippen LogP contribution in [0.25, 0.3) is 0 Å². The number of aliphatic carboxylic acids is 1. The Morgan fingerprint density at radius 3 is 2.29 bits per heavy atom. The van der Waals surface area contributed by atoms with Crippen LogP contribution in [-0.4, -0.2) is 40.6 Å². The molecule has 0 aromatic rings. The van der Waals surface area contributed by atoms with Crippen LogP contribution in [0.4, 0.5) is 4.79 Å². The van der Waals surface area contributed by atoms with Crippen molar-refractivity contribution >= 4 is 12.0 Å². The summed E-state index contributed by atoms with van der Waals surface area (Å²) >= 11 is 0. The minimum absolute atomic E-state index is 0.0751. The normalized spacial score (nSPS) is 12.2. The number of nitrogens with one attached hydrogen (secondary N) is 1. The van der Waals surface area contributed by atoms with Gasteiger partial charge in [0.05, 0.1) is 0 Å². The number of hydrogen-bond acceptors (Lipinski definition) is 2. The van der Waals surface area contributed by atoms with Gasteiger partial charge in [0.2, 0.25) is 0 Å². The molecule has 1 atom stereocenters. The average molecular weight is 300 g/mol. The van der Waals surface area contributed by atoms with Gasteiger partial charge in [0, 0.05) is 25.0 Å². The number of nitrogens with zero attached hydrogens (tertiary/aromatic N) is 1. The molecule has 5 heteroatoms. The molecule has 2 amide bonds. The first-order valence-electron chi connectivity index (χ1n) is 8.17. The largest absolute Gasteiger partial charge is 0.481 e. The fraction of sp³-hybridized carbons (Fsp3) is 0.875. The number of amides is 2. The molecule has 0 bridgehead atoms. The summed E-state index contributed by atoms with van der Waals surface area (Å²) in [4.78, 5) is 24.5. The third-order valence-electron chi connectivity index (χ3n) is 3.53. The van der Waals surface area contributed by atoms with Crippen LogP contribution >= 0.6 is 0 Å². The van der Waals surface area contributed by atoms with E-state index in [4.69, 9.17) is 5.11 Å². The monoisotopic (exact) mass is 300 g/mol. The molecule has 0 aromatic carbocycles. The predicted molar refractivity (Wildman–Crippen MR) is 85.5 cm³/mol. The van der Waals surface area contributed by atoms with E-state index in [1.54, 1.807) is 4.90 Å². The summed E-state index contributed by atoms with van der Waals surface area (Å²) in [5.74, 6) is -0.816. The van der Waals surface area contributed by atoms with Crippen molar-refractivity contribution in [1.29, 1.82) is 0 Å². The molecule has 0 saturated heterocycles. The second-order valence-electron chi connectivity index (χ2n) is 5.98. The van der Waals surface area contributed by atoms with E-state index in [0.29, 0.717) is 13.0 Å². The molecule has 1 unspecified atom stereocenters. The molecule has 0 aromatic heterocycles. The maximum atomic E-state index is 12.2. The summed E-state index contributed by atoms with van der Waals surface area (Å²) in [6.07, 6.45) is 6.39. The molecule has 0 fully saturated rings. The first-order valence-corrected chi connectivity index (χ1v) is 8.17. The van der Waals surface area contributed by atoms with Crippen LogP contribution < -0.4 is 5.32 Å². The number of hydrogen-bond donors (Lipinski definition) is 2. The number of rotatable bonds is 11. The van der Waals surface area contributed by atoms with E-state index in [2.05, 4.69) is 12.2 Å². The zero-order valence-electron chi connectivity index (χ0n) is 14.0. The molecule has 0 radical (unpaired) electrons. The lowest BCUT2D eigenvalue weighted by Crippen LogP contribution is -2.47. The van der Waals surface area contributed by atoms with Gasteiger partial charge >= 0.3 is 12.0 Å². The maximum absolute atomic E-state index is 12.2. The van der Waals surface area contributed by atoms with Crippen molar-refractivity contribution in [2.75, 3.05) is 6.54 Å². The number of carbonyl (C=O) groups is 2. The number of carboxylic acids is 1. The van der Waals surface area contributed by atoms with Crippen LogP contribution in [0.1, 0.15) is 72.6 Å². The van der Waals surface area contributed by atoms with Gasteiger partial charge in [-0.15, -0.1) is 0 Å². The quantitative estimate of drug-likeness (QED) is 0.572. The van der Waals surface area contributed by atoms with Gasteiger partial charge in [0.25, 0.3) is 0 Å². The van der Waals surface area contributed by atoms with Crippen LogP contribution in [0.15, 0.2) is 0 Å². The van der Waals surface area contributed by atoms with Crippen molar-refractivity contribution < 1.29 is 14.7 Å². The van der Waals surface area contributed by atoms with Gasteiger partial charge in [-0.2, -0.15) is 0 Å². The summed E-state index contributed by atoms with van der Waals surface area (Å²) in [6, 6.07) is 0.152. The first kappa shape index (κ1) is 19.7. The zero-order valence-corrected chi connectivity index (χ0v) is 14.0. The van der Waals surface area contributed by atoms with Crippen molar-refractivity contribution in [2.45, 2.75) is 84.7 Å². The Balaban J connectivity index is 4.12. The smallest absolute Gasteiger partial charge is 0.317 e. The standard InChI is InChI=1S/C16H32N2O3/c1-5-6-7-8-10-14(4)17-16(21)18(13(2)3)12-9-11-15(19)20/h13-14H,5-12H2,1-4H3,(H,17,21)(H,19,20). The lowest BCUT2D eigenvalue weighted by Gasteiger charge is -2.28. The molecule has 2 N–H and O–H groups in total. The Hall–Kier alpha value is -1.26. The van der Waals surface area contributed by atoms with E-state index in [0.717, 1.165) is 12.8 Å². The second kappa shape index (κ2) is 11.4. The fourth-order valence-corrected chi connectivity index (χ4v) is 2.24. The summed E-state index contributed by atoms with van der Waals surface area (Å²) in [6.45, 7) is 8.60. The maximum Gasteiger partial charge on any atom is 0.317 e. The molecule has 5 nitrogen and oxygen atoms in total. The van der Waals surface area contributed by atoms with Crippen molar-refractivity contribution in [3.8, 4) is 0 Å². The first-order chi connectivity index (χ1) is 9.88. The molecule has 0 heterocycles. The van der Waals surface area contributed by atoms with E-state index in [9.17, 15) is 9.59 Å². The summed E-state index contributed by atoms with van der Waals surface area (Å²) < 4.78 is 0. The average Bonchev–Trinajstić information content (AvgIpc) is 2.38. The van der Waals surface area contributed by atoms with E-state index in [1.807, 2.05) is 20.8 Å². The zero-order chi connectivity index (χ0) is 16.3. The predicted octanol–water partition coefficient (Wildman–Crippen LogP) is 3.63. The molecular formula is C16H32N2O3. The minimum Gasteiger partial charge on any atom is -0.481 e. The van der Waals surface area contributed by atoms with Gasteiger partial charge < -0.3 is 15.3 Å². The molecule has 21 heavy (non-hydrogen) atoms. The van der Waals surface area contributed by atoms with Gasteiger partial charge in [-0.3, -0.25) is 4.79 Å². The van der Waals surface area contributed by atoms with Crippen LogP contribution in [0.3, 0.4) is 0 Å². The molecule has 0 aliphatic rings. The van der Waals surface area contributed by atoms with Gasteiger partial charge in [-0.25, -0.2) is 4.79 Å². The van der Waals surface area contributed by atoms with E-state index in [-0.39, 0.29) is 24.5 Å². The van der Waals surface area contributed by atoms with Crippen molar-refractivity contribution in [3.63, 3.8) is 0 Å². The molecule has 0 rings (SSSR count). The topological polar surface area (TPSA) is 69.6 Å². The number of carboxylic acid groups (broad SMARTS) is 1. The SMILES string of the molecule is CCCCCCC(C)NC(=O)N(CCCC(=O)O)C(C)C. The third-order valence-corrected chi connectivity index (χ3v) is 3.53. The molecule has 124 valence electrons. The second-order valence-corrected chi connectivity index (χ2v) is 5.98. The Bertz CT molecular complexity index is 306. The highest BCUT2D eigenvalue weighted by Gasteiger charge is 2.18. The Labute approximate surface area is 129 Å². The number of carbonyl (C=O) groups excluding carboxylic acids is 1. The molecule has 0 aliphatic carbocycles. The Kier molecular flexibility index (Phi) is 10.7. The van der Waals surface area contributed by atoms with Gasteiger partial charge in [-0.05, 0) is 33.6 Å². The Morgan fingerprint density at radius 2 is 1.76 bits per heavy atom. The highest BCUT2D eigenvalue weighted by Crippen LogP contribution is 2.07. The van der Waals surface area contributed by atoms with Gasteiger partial charge in [0.15, 0.2) is 0 Å². The van der Waals surface area contributed by atoms with E-state index < -0.39 is 5.97 Å². The third kappa shape index (κ3) is 10.2.